The number of hydrogen-bond donors (Lipinski definition) is 1. The van der Waals surface area contributed by atoms with Crippen LogP contribution in [0.25, 0.3) is 16.8 Å². The third kappa shape index (κ3) is 2.43. The second-order valence-electron chi connectivity index (χ2n) is 7.27. The van der Waals surface area contributed by atoms with Crippen molar-refractivity contribution in [2.75, 3.05) is 0 Å². The first-order valence-electron chi connectivity index (χ1n) is 9.23. The Hall–Kier alpha value is -3.48. The molecular weight excluding hydrogens is 356 g/mol. The normalized spacial score (nSPS) is 19.2. The summed E-state index contributed by atoms with van der Waals surface area (Å²) in [4.78, 5) is 42.7. The summed E-state index contributed by atoms with van der Waals surface area (Å²) in [5.41, 5.74) is 5.36. The number of aromatic nitrogens is 2. The fraction of sp³-hybridized carbons (Fsp3) is 0.238. The van der Waals surface area contributed by atoms with E-state index >= 15 is 0 Å². The smallest absolute Gasteiger partial charge is 0.255 e. The number of imidazole rings is 1. The zero-order chi connectivity index (χ0) is 19.4. The SMILES string of the molecule is Cc1cnc2cc(-c3cccc4c3CN(C3CCC(=O)NC3=O)C4=O)ccn12. The molecule has 1 aromatic carbocycles. The molecule has 4 heterocycles. The molecule has 3 amide bonds. The van der Waals surface area contributed by atoms with E-state index in [0.29, 0.717) is 18.5 Å². The number of imide groups is 1. The van der Waals surface area contributed by atoms with Crippen molar-refractivity contribution in [1.82, 2.24) is 19.6 Å². The number of pyridine rings is 1. The lowest BCUT2D eigenvalue weighted by Gasteiger charge is -2.29. The van der Waals surface area contributed by atoms with Gasteiger partial charge in [-0.3, -0.25) is 19.7 Å². The molecule has 140 valence electrons. The average molecular weight is 374 g/mol. The van der Waals surface area contributed by atoms with Crippen molar-refractivity contribution >= 4 is 23.4 Å². The minimum Gasteiger partial charge on any atom is -0.322 e. The fourth-order valence-corrected chi connectivity index (χ4v) is 4.13. The van der Waals surface area contributed by atoms with Crippen molar-refractivity contribution in [1.29, 1.82) is 0 Å². The van der Waals surface area contributed by atoms with Crippen molar-refractivity contribution in [3.05, 3.63) is 59.5 Å². The van der Waals surface area contributed by atoms with E-state index in [1.165, 1.54) is 0 Å². The molecule has 1 fully saturated rings. The van der Waals surface area contributed by atoms with Gasteiger partial charge in [0.15, 0.2) is 0 Å². The van der Waals surface area contributed by atoms with Gasteiger partial charge in [-0.05, 0) is 48.2 Å². The highest BCUT2D eigenvalue weighted by molar-refractivity contribution is 6.06. The number of piperidine rings is 1. The lowest BCUT2D eigenvalue weighted by Crippen LogP contribution is -2.52. The highest BCUT2D eigenvalue weighted by Crippen LogP contribution is 2.35. The van der Waals surface area contributed by atoms with E-state index in [1.807, 2.05) is 48.0 Å². The number of fused-ring (bicyclic) bond motifs is 2. The van der Waals surface area contributed by atoms with Crippen LogP contribution in [0.5, 0.6) is 0 Å². The molecule has 5 rings (SSSR count). The number of carbonyl (C=O) groups excluding carboxylic acids is 3. The van der Waals surface area contributed by atoms with Crippen LogP contribution in [0.2, 0.25) is 0 Å². The maximum absolute atomic E-state index is 13.0. The summed E-state index contributed by atoms with van der Waals surface area (Å²) in [7, 11) is 0. The maximum Gasteiger partial charge on any atom is 0.255 e. The van der Waals surface area contributed by atoms with Gasteiger partial charge in [-0.2, -0.15) is 0 Å². The maximum atomic E-state index is 13.0. The molecule has 1 atom stereocenters. The van der Waals surface area contributed by atoms with Crippen LogP contribution in [-0.2, 0) is 16.1 Å². The minimum absolute atomic E-state index is 0.163. The molecule has 0 aliphatic carbocycles. The van der Waals surface area contributed by atoms with Gasteiger partial charge in [0.25, 0.3) is 5.91 Å². The van der Waals surface area contributed by atoms with Crippen molar-refractivity contribution in [2.45, 2.75) is 32.4 Å². The molecule has 1 unspecified atom stereocenters. The Bertz CT molecular complexity index is 1160. The van der Waals surface area contributed by atoms with Gasteiger partial charge in [-0.1, -0.05) is 12.1 Å². The van der Waals surface area contributed by atoms with Crippen LogP contribution in [0.1, 0.15) is 34.5 Å². The molecule has 2 aliphatic rings. The average Bonchev–Trinajstić information content (AvgIpc) is 3.22. The van der Waals surface area contributed by atoms with Crippen LogP contribution >= 0.6 is 0 Å². The number of amides is 3. The van der Waals surface area contributed by atoms with Gasteiger partial charge in [0.2, 0.25) is 11.8 Å². The number of carbonyl (C=O) groups is 3. The van der Waals surface area contributed by atoms with E-state index < -0.39 is 11.9 Å². The van der Waals surface area contributed by atoms with Gasteiger partial charge in [0.05, 0.1) is 0 Å². The lowest BCUT2D eigenvalue weighted by molar-refractivity contribution is -0.136. The molecule has 0 bridgehead atoms. The first-order valence-corrected chi connectivity index (χ1v) is 9.23. The monoisotopic (exact) mass is 374 g/mol. The third-order valence-electron chi connectivity index (χ3n) is 5.59. The Balaban J connectivity index is 1.54. The topological polar surface area (TPSA) is 83.8 Å². The molecule has 2 aliphatic heterocycles. The van der Waals surface area contributed by atoms with Crippen LogP contribution in [0.4, 0.5) is 0 Å². The van der Waals surface area contributed by atoms with Gasteiger partial charge in [-0.25, -0.2) is 4.98 Å². The summed E-state index contributed by atoms with van der Waals surface area (Å²) in [5, 5.41) is 2.34. The number of hydrogen-bond acceptors (Lipinski definition) is 4. The molecule has 7 heteroatoms. The van der Waals surface area contributed by atoms with E-state index in [-0.39, 0.29) is 18.2 Å². The van der Waals surface area contributed by atoms with Gasteiger partial charge in [-0.15, -0.1) is 0 Å². The molecular formula is C21H18N4O3. The number of aryl methyl sites for hydroxylation is 1. The van der Waals surface area contributed by atoms with Crippen LogP contribution in [0, 0.1) is 6.92 Å². The second kappa shape index (κ2) is 6.02. The van der Waals surface area contributed by atoms with E-state index in [9.17, 15) is 14.4 Å². The van der Waals surface area contributed by atoms with Crippen molar-refractivity contribution in [3.63, 3.8) is 0 Å². The van der Waals surface area contributed by atoms with Crippen molar-refractivity contribution in [2.24, 2.45) is 0 Å². The molecule has 28 heavy (non-hydrogen) atoms. The predicted octanol–water partition coefficient (Wildman–Crippen LogP) is 2.07. The Kier molecular flexibility index (Phi) is 3.58. The summed E-state index contributed by atoms with van der Waals surface area (Å²) >= 11 is 0. The Morgan fingerprint density at radius 2 is 1.96 bits per heavy atom. The zero-order valence-corrected chi connectivity index (χ0v) is 15.3. The van der Waals surface area contributed by atoms with E-state index in [4.69, 9.17) is 0 Å². The van der Waals surface area contributed by atoms with Gasteiger partial charge in [0, 0.05) is 36.6 Å². The molecule has 1 saturated heterocycles. The number of benzene rings is 1. The van der Waals surface area contributed by atoms with E-state index in [2.05, 4.69) is 10.3 Å². The lowest BCUT2D eigenvalue weighted by atomic mass is 9.97. The standard InChI is InChI=1S/C21H18N4O3/c1-12-10-22-18-9-13(7-8-24(12)18)14-3-2-4-15-16(14)11-25(21(15)28)17-5-6-19(26)23-20(17)27/h2-4,7-10,17H,5-6,11H2,1H3,(H,23,26,27). The molecule has 0 spiro atoms. The number of rotatable bonds is 2. The second-order valence-corrected chi connectivity index (χ2v) is 7.27. The third-order valence-corrected chi connectivity index (χ3v) is 5.59. The van der Waals surface area contributed by atoms with Gasteiger partial charge >= 0.3 is 0 Å². The first kappa shape index (κ1) is 16.7. The quantitative estimate of drug-likeness (QED) is 0.696. The van der Waals surface area contributed by atoms with E-state index in [1.54, 1.807) is 11.0 Å². The molecule has 0 radical (unpaired) electrons. The number of nitrogens with zero attached hydrogens (tertiary/aromatic N) is 3. The Morgan fingerprint density at radius 3 is 2.79 bits per heavy atom. The largest absolute Gasteiger partial charge is 0.322 e. The van der Waals surface area contributed by atoms with Crippen LogP contribution in [0.3, 0.4) is 0 Å². The zero-order valence-electron chi connectivity index (χ0n) is 15.3. The van der Waals surface area contributed by atoms with E-state index in [0.717, 1.165) is 28.0 Å². The first-order chi connectivity index (χ1) is 13.5. The Labute approximate surface area is 161 Å². The summed E-state index contributed by atoms with van der Waals surface area (Å²) in [6.07, 6.45) is 4.40. The van der Waals surface area contributed by atoms with Crippen molar-refractivity contribution < 1.29 is 14.4 Å². The fourth-order valence-electron chi connectivity index (χ4n) is 4.13. The summed E-state index contributed by atoms with van der Waals surface area (Å²) in [6.45, 7) is 2.35. The molecule has 1 N–H and O–H groups in total. The van der Waals surface area contributed by atoms with Crippen LogP contribution < -0.4 is 5.32 Å². The van der Waals surface area contributed by atoms with Gasteiger partial charge < -0.3 is 9.30 Å². The molecule has 7 nitrogen and oxygen atoms in total. The van der Waals surface area contributed by atoms with Crippen LogP contribution in [-0.4, -0.2) is 38.0 Å². The highest BCUT2D eigenvalue weighted by atomic mass is 16.2. The molecule has 2 aromatic heterocycles. The van der Waals surface area contributed by atoms with Gasteiger partial charge in [0.1, 0.15) is 11.7 Å². The van der Waals surface area contributed by atoms with Crippen molar-refractivity contribution in [3.8, 4) is 11.1 Å². The predicted molar refractivity (Wildman–Crippen MR) is 101 cm³/mol. The van der Waals surface area contributed by atoms with Crippen LogP contribution in [0.15, 0.2) is 42.7 Å². The number of nitrogens with one attached hydrogen (secondary N) is 1. The highest BCUT2D eigenvalue weighted by Gasteiger charge is 2.39. The minimum atomic E-state index is -0.608. The molecule has 0 saturated carbocycles. The molecule has 3 aromatic rings. The summed E-state index contributed by atoms with van der Waals surface area (Å²) < 4.78 is 2.01. The summed E-state index contributed by atoms with van der Waals surface area (Å²) in [5.74, 6) is -0.841. The summed E-state index contributed by atoms with van der Waals surface area (Å²) in [6, 6.07) is 9.05. The Morgan fingerprint density at radius 1 is 1.14 bits per heavy atom.